The van der Waals surface area contributed by atoms with Crippen LogP contribution in [0.15, 0.2) is 30.3 Å². The number of benzene rings is 1. The summed E-state index contributed by atoms with van der Waals surface area (Å²) in [6, 6.07) is 6.64. The second-order valence-corrected chi connectivity index (χ2v) is 14.7. The van der Waals surface area contributed by atoms with Crippen LogP contribution in [0.3, 0.4) is 0 Å². The summed E-state index contributed by atoms with van der Waals surface area (Å²) in [5.41, 5.74) is 0.252. The molecule has 1 nitrogen and oxygen atoms in total. The van der Waals surface area contributed by atoms with E-state index in [1.54, 1.807) is 0 Å². The predicted molar refractivity (Wildman–Crippen MR) is 160 cm³/mol. The van der Waals surface area contributed by atoms with Crippen LogP contribution in [-0.2, 0) is 6.54 Å². The van der Waals surface area contributed by atoms with Crippen molar-refractivity contribution in [2.45, 2.75) is 153 Å². The zero-order valence-electron chi connectivity index (χ0n) is 32.5. The third-order valence-corrected chi connectivity index (χ3v) is 9.75. The minimum Gasteiger partial charge on any atom is -0.299 e. The summed E-state index contributed by atoms with van der Waals surface area (Å²) >= 11 is 0. The van der Waals surface area contributed by atoms with Crippen LogP contribution in [0.1, 0.15) is 56.9 Å². The molecule has 35 heteroatoms. The highest BCUT2D eigenvalue weighted by atomic mass is 19.4. The summed E-state index contributed by atoms with van der Waals surface area (Å²) in [4.78, 5) is 1.08. The Morgan fingerprint density at radius 1 is 0.265 bits per heavy atom. The van der Waals surface area contributed by atoms with Crippen molar-refractivity contribution >= 4 is 0 Å². The van der Waals surface area contributed by atoms with Crippen molar-refractivity contribution in [2.24, 2.45) is 0 Å². The molecule has 0 heterocycles. The van der Waals surface area contributed by atoms with Crippen molar-refractivity contribution in [2.75, 3.05) is 13.1 Å². The van der Waals surface area contributed by atoms with Gasteiger partial charge in [-0.15, -0.1) is 0 Å². The van der Waals surface area contributed by atoms with Crippen LogP contribution in [0.25, 0.3) is 0 Å². The third kappa shape index (κ3) is 10.3. The van der Waals surface area contributed by atoms with Crippen LogP contribution in [0.5, 0.6) is 0 Å². The molecule has 0 fully saturated rings. The first kappa shape index (κ1) is 62.8. The standard InChI is InChI=1S/C33H27F34N/c34-18(35,20(38,39)22(42,43)24(46,47)26(50,51)28(54,55)30(58,59)32(62,63)64)12-6-2-8-14-68(16-17-10-4-1-5-11-17)15-9-3-7-13-19(36,37)21(40,41)23(44,45)25(48,49)27(52,53)29(56,57)31(60,61)33(65,66)67/h1,4-5,10-11H,2-3,6-9,12-16H2. The number of rotatable bonds is 26. The monoisotopic (exact) mass is 1080 g/mol. The van der Waals surface area contributed by atoms with Gasteiger partial charge in [-0.05, 0) is 44.3 Å². The maximum atomic E-state index is 14.3. The average Bonchev–Trinajstić information content (AvgIpc) is 3.15. The van der Waals surface area contributed by atoms with Crippen molar-refractivity contribution in [3.63, 3.8) is 0 Å². The molecule has 0 bridgehead atoms. The zero-order chi connectivity index (χ0) is 54.5. The van der Waals surface area contributed by atoms with Crippen LogP contribution in [0.2, 0.25) is 0 Å². The molecular formula is C33H27F34N. The number of alkyl halides is 34. The van der Waals surface area contributed by atoms with Crippen LogP contribution in [-0.4, -0.2) is 113 Å². The molecule has 1 rings (SSSR count). The molecule has 0 amide bonds. The number of halogens is 34. The van der Waals surface area contributed by atoms with Gasteiger partial charge in [0.05, 0.1) is 0 Å². The molecule has 0 aliphatic rings. The molecule has 0 atom stereocenters. The Bertz CT molecular complexity index is 1670. The Hall–Kier alpha value is -3.20. The zero-order valence-corrected chi connectivity index (χ0v) is 32.5. The molecule has 0 aliphatic heterocycles. The predicted octanol–water partition coefficient (Wildman–Crippen LogP) is 15.6. The summed E-state index contributed by atoms with van der Waals surface area (Å²) in [6.07, 6.45) is -27.8. The van der Waals surface area contributed by atoms with Crippen molar-refractivity contribution in [3.05, 3.63) is 35.9 Å². The molecule has 68 heavy (non-hydrogen) atoms. The molecule has 1 aromatic carbocycles. The van der Waals surface area contributed by atoms with Gasteiger partial charge in [0.1, 0.15) is 0 Å². The normalized spacial score (nSPS) is 16.0. The number of unbranched alkanes of at least 4 members (excludes halogenated alkanes) is 4. The Morgan fingerprint density at radius 3 is 0.750 bits per heavy atom. The van der Waals surface area contributed by atoms with E-state index in [-0.39, 0.29) is 12.1 Å². The molecular weight excluding hydrogens is 1060 g/mol. The maximum Gasteiger partial charge on any atom is 0.460 e. The van der Waals surface area contributed by atoms with Crippen LogP contribution in [0.4, 0.5) is 149 Å². The minimum atomic E-state index is -8.85. The minimum absolute atomic E-state index is 0.252. The molecule has 0 aromatic heterocycles. The van der Waals surface area contributed by atoms with Crippen LogP contribution >= 0.6 is 0 Å². The topological polar surface area (TPSA) is 3.24 Å². The summed E-state index contributed by atoms with van der Waals surface area (Å²) in [7, 11) is 0. The number of hydrogen-bond acceptors (Lipinski definition) is 1. The van der Waals surface area contributed by atoms with E-state index < -0.39 is 160 Å². The summed E-state index contributed by atoms with van der Waals surface area (Å²) in [5, 5.41) is 0. The summed E-state index contributed by atoms with van der Waals surface area (Å²) in [5.74, 6) is -116. The van der Waals surface area contributed by atoms with Gasteiger partial charge in [0.15, 0.2) is 0 Å². The van der Waals surface area contributed by atoms with Gasteiger partial charge in [-0.25, -0.2) is 0 Å². The molecule has 1 aromatic rings. The fourth-order valence-corrected chi connectivity index (χ4v) is 5.54. The van der Waals surface area contributed by atoms with E-state index >= 15 is 0 Å². The number of nitrogens with zero attached hydrogens (tertiary/aromatic N) is 1. The Labute approximate surface area is 357 Å². The SMILES string of the molecule is FC(F)(F)C(F)(F)C(F)(F)C(F)(F)C(F)(F)C(F)(F)C(F)(F)C(F)(F)CCCCCN(CCCCCC(F)(F)C(F)(F)C(F)(F)C(F)(F)C(F)(F)C(F)(F)C(F)(F)C(F)(F)F)Cc1ccccc1. The lowest BCUT2D eigenvalue weighted by Gasteiger charge is -2.42. The van der Waals surface area contributed by atoms with E-state index in [0.717, 1.165) is 4.90 Å². The molecule has 0 spiro atoms. The molecule has 0 unspecified atom stereocenters. The molecule has 0 saturated carbocycles. The maximum absolute atomic E-state index is 14.3. The molecule has 0 saturated heterocycles. The smallest absolute Gasteiger partial charge is 0.299 e. The lowest BCUT2D eigenvalue weighted by atomic mass is 9.87. The third-order valence-electron chi connectivity index (χ3n) is 9.75. The molecule has 402 valence electrons. The van der Waals surface area contributed by atoms with Gasteiger partial charge >= 0.3 is 95.3 Å². The van der Waals surface area contributed by atoms with Gasteiger partial charge in [0.25, 0.3) is 0 Å². The second kappa shape index (κ2) is 19.1. The van der Waals surface area contributed by atoms with E-state index in [0.29, 0.717) is 0 Å². The van der Waals surface area contributed by atoms with Gasteiger partial charge in [-0.2, -0.15) is 149 Å². The lowest BCUT2D eigenvalue weighted by molar-refractivity contribution is -0.461. The summed E-state index contributed by atoms with van der Waals surface area (Å²) in [6.45, 7) is -1.49. The molecule has 0 radical (unpaired) electrons. The van der Waals surface area contributed by atoms with Crippen molar-refractivity contribution in [1.29, 1.82) is 0 Å². The van der Waals surface area contributed by atoms with Gasteiger partial charge in [0, 0.05) is 19.4 Å². The fraction of sp³-hybridized carbons (Fsp3) is 0.818. The van der Waals surface area contributed by atoms with Crippen LogP contribution < -0.4 is 0 Å². The first-order valence-electron chi connectivity index (χ1n) is 17.8. The van der Waals surface area contributed by atoms with Gasteiger partial charge in [-0.3, -0.25) is 4.90 Å². The number of hydrogen-bond donors (Lipinski definition) is 0. The van der Waals surface area contributed by atoms with E-state index in [1.165, 1.54) is 30.3 Å². The summed E-state index contributed by atoms with van der Waals surface area (Å²) < 4.78 is 459. The van der Waals surface area contributed by atoms with E-state index in [4.69, 9.17) is 0 Å². The molecule has 0 aliphatic carbocycles. The molecule has 0 N–H and O–H groups in total. The van der Waals surface area contributed by atoms with Gasteiger partial charge < -0.3 is 0 Å². The average molecular weight is 1080 g/mol. The van der Waals surface area contributed by atoms with Gasteiger partial charge in [-0.1, -0.05) is 43.2 Å². The second-order valence-electron chi connectivity index (χ2n) is 14.7. The quantitative estimate of drug-likeness (QED) is 0.0660. The van der Waals surface area contributed by atoms with Crippen molar-refractivity contribution < 1.29 is 149 Å². The first-order chi connectivity index (χ1) is 29.7. The lowest BCUT2D eigenvalue weighted by Crippen LogP contribution is -2.74. The van der Waals surface area contributed by atoms with E-state index in [2.05, 4.69) is 0 Å². The van der Waals surface area contributed by atoms with Crippen molar-refractivity contribution in [3.8, 4) is 0 Å². The largest absolute Gasteiger partial charge is 0.460 e. The highest BCUT2D eigenvalue weighted by Gasteiger charge is 2.96. The highest BCUT2D eigenvalue weighted by Crippen LogP contribution is 2.66. The fourth-order valence-electron chi connectivity index (χ4n) is 5.54. The van der Waals surface area contributed by atoms with E-state index in [1.807, 2.05) is 0 Å². The Balaban J connectivity index is 3.15. The van der Waals surface area contributed by atoms with E-state index in [9.17, 15) is 149 Å². The Morgan fingerprint density at radius 2 is 0.500 bits per heavy atom. The first-order valence-corrected chi connectivity index (χ1v) is 17.8. The van der Waals surface area contributed by atoms with Crippen molar-refractivity contribution in [1.82, 2.24) is 4.90 Å². The van der Waals surface area contributed by atoms with Crippen LogP contribution in [0, 0.1) is 0 Å². The van der Waals surface area contributed by atoms with Gasteiger partial charge in [0.2, 0.25) is 0 Å². The Kier molecular flexibility index (Phi) is 17.6. The highest BCUT2D eigenvalue weighted by molar-refractivity contribution is 5.17.